The van der Waals surface area contributed by atoms with E-state index in [4.69, 9.17) is 0 Å². The molecule has 1 aromatic rings. The van der Waals surface area contributed by atoms with Crippen LogP contribution >= 0.6 is 0 Å². The van der Waals surface area contributed by atoms with E-state index in [1.54, 1.807) is 54.6 Å². The zero-order valence-electron chi connectivity index (χ0n) is 11.7. The maximum atomic E-state index is 12.3. The number of benzene rings is 1. The molecule has 0 saturated heterocycles. The van der Waals surface area contributed by atoms with E-state index < -0.39 is 15.1 Å². The summed E-state index contributed by atoms with van der Waals surface area (Å²) in [6.07, 6.45) is 3.35. The second-order valence-electron chi connectivity index (χ2n) is 4.57. The van der Waals surface area contributed by atoms with Crippen LogP contribution in [0.2, 0.25) is 0 Å². The number of hydrazone groups is 1. The summed E-state index contributed by atoms with van der Waals surface area (Å²) >= 11 is 0. The molecule has 0 aliphatic carbocycles. The van der Waals surface area contributed by atoms with Gasteiger partial charge in [0.1, 0.15) is 0 Å². The molecule has 4 nitrogen and oxygen atoms in total. The fraction of sp³-hybridized carbons (Fsp3) is 0.357. The number of rotatable bonds is 5. The Labute approximate surface area is 115 Å². The SMILES string of the molecule is CC(/C=N/N(C)C)=C\C(C)S(=O)(=O)c1ccccc1. The van der Waals surface area contributed by atoms with Crippen molar-refractivity contribution in [1.82, 2.24) is 5.01 Å². The van der Waals surface area contributed by atoms with Gasteiger partial charge in [-0.1, -0.05) is 24.3 Å². The topological polar surface area (TPSA) is 49.7 Å². The molecule has 1 unspecified atom stereocenters. The maximum absolute atomic E-state index is 12.3. The third-order valence-electron chi connectivity index (χ3n) is 2.55. The van der Waals surface area contributed by atoms with E-state index in [9.17, 15) is 8.42 Å². The number of hydrogen-bond donors (Lipinski definition) is 0. The zero-order valence-corrected chi connectivity index (χ0v) is 12.6. The minimum Gasteiger partial charge on any atom is -0.303 e. The third kappa shape index (κ3) is 4.52. The van der Waals surface area contributed by atoms with Crippen LogP contribution < -0.4 is 0 Å². The fourth-order valence-corrected chi connectivity index (χ4v) is 2.89. The quantitative estimate of drug-likeness (QED) is 0.614. The van der Waals surface area contributed by atoms with E-state index >= 15 is 0 Å². The van der Waals surface area contributed by atoms with Crippen LogP contribution in [0.4, 0.5) is 0 Å². The third-order valence-corrected chi connectivity index (χ3v) is 4.60. The molecule has 0 bridgehead atoms. The van der Waals surface area contributed by atoms with Gasteiger partial charge in [0, 0.05) is 20.3 Å². The van der Waals surface area contributed by atoms with Gasteiger partial charge in [-0.2, -0.15) is 5.10 Å². The highest BCUT2D eigenvalue weighted by Gasteiger charge is 2.20. The summed E-state index contributed by atoms with van der Waals surface area (Å²) in [7, 11) is 0.303. The molecule has 1 aromatic carbocycles. The molecule has 5 heteroatoms. The molecular formula is C14H20N2O2S. The van der Waals surface area contributed by atoms with E-state index in [-0.39, 0.29) is 0 Å². The molecule has 0 fully saturated rings. The fourth-order valence-electron chi connectivity index (χ4n) is 1.53. The van der Waals surface area contributed by atoms with Gasteiger partial charge >= 0.3 is 0 Å². The average molecular weight is 280 g/mol. The largest absolute Gasteiger partial charge is 0.303 e. The molecule has 0 spiro atoms. The second-order valence-corrected chi connectivity index (χ2v) is 6.87. The predicted octanol–water partition coefficient (Wildman–Crippen LogP) is 2.34. The summed E-state index contributed by atoms with van der Waals surface area (Å²) in [5.74, 6) is 0. The minimum atomic E-state index is -3.32. The Morgan fingerprint density at radius 3 is 2.37 bits per heavy atom. The van der Waals surface area contributed by atoms with Crippen LogP contribution in [0.25, 0.3) is 0 Å². The monoisotopic (exact) mass is 280 g/mol. The summed E-state index contributed by atoms with van der Waals surface area (Å²) in [6.45, 7) is 3.51. The molecule has 104 valence electrons. The van der Waals surface area contributed by atoms with Crippen molar-refractivity contribution in [3.8, 4) is 0 Å². The van der Waals surface area contributed by atoms with Crippen molar-refractivity contribution < 1.29 is 8.42 Å². The van der Waals surface area contributed by atoms with Crippen LogP contribution in [0.3, 0.4) is 0 Å². The first kappa shape index (κ1) is 15.4. The van der Waals surface area contributed by atoms with E-state index in [2.05, 4.69) is 5.10 Å². The smallest absolute Gasteiger partial charge is 0.184 e. The van der Waals surface area contributed by atoms with Gasteiger partial charge in [-0.15, -0.1) is 0 Å². The lowest BCUT2D eigenvalue weighted by molar-refractivity contribution is 0.440. The Morgan fingerprint density at radius 1 is 1.26 bits per heavy atom. The van der Waals surface area contributed by atoms with Crippen LogP contribution in [0.5, 0.6) is 0 Å². The van der Waals surface area contributed by atoms with Gasteiger partial charge in [0.25, 0.3) is 0 Å². The molecule has 0 amide bonds. The highest BCUT2D eigenvalue weighted by Crippen LogP contribution is 2.17. The Bertz CT molecular complexity index is 560. The summed E-state index contributed by atoms with van der Waals surface area (Å²) < 4.78 is 24.6. The summed E-state index contributed by atoms with van der Waals surface area (Å²) in [4.78, 5) is 0.344. The van der Waals surface area contributed by atoms with Gasteiger partial charge in [-0.25, -0.2) is 8.42 Å². The number of sulfone groups is 1. The molecule has 0 saturated carbocycles. The normalized spacial score (nSPS) is 14.6. The van der Waals surface area contributed by atoms with Crippen molar-refractivity contribution in [2.24, 2.45) is 5.10 Å². The molecule has 0 aliphatic heterocycles. The van der Waals surface area contributed by atoms with E-state index in [1.807, 2.05) is 21.0 Å². The maximum Gasteiger partial charge on any atom is 0.184 e. The van der Waals surface area contributed by atoms with Gasteiger partial charge < -0.3 is 5.01 Å². The molecule has 0 aliphatic rings. The lowest BCUT2D eigenvalue weighted by Gasteiger charge is -2.10. The predicted molar refractivity (Wildman–Crippen MR) is 79.0 cm³/mol. The number of nitrogens with zero attached hydrogens (tertiary/aromatic N) is 2. The standard InChI is InChI=1S/C14H20N2O2S/c1-12(11-15-16(3)4)10-13(2)19(17,18)14-8-6-5-7-9-14/h5-11,13H,1-4H3/b12-10+,15-11+. The van der Waals surface area contributed by atoms with E-state index in [0.717, 1.165) is 5.57 Å². The lowest BCUT2D eigenvalue weighted by atomic mass is 10.3. The Hall–Kier alpha value is -1.62. The van der Waals surface area contributed by atoms with Crippen LogP contribution in [0.1, 0.15) is 13.8 Å². The van der Waals surface area contributed by atoms with Crippen molar-refractivity contribution in [2.45, 2.75) is 24.0 Å². The average Bonchev–Trinajstić information content (AvgIpc) is 2.37. The van der Waals surface area contributed by atoms with Crippen LogP contribution in [-0.4, -0.2) is 39.0 Å². The minimum absolute atomic E-state index is 0.344. The number of hydrogen-bond acceptors (Lipinski definition) is 4. The van der Waals surface area contributed by atoms with Gasteiger partial charge in [0.05, 0.1) is 10.1 Å². The molecular weight excluding hydrogens is 260 g/mol. The molecule has 1 atom stereocenters. The molecule has 19 heavy (non-hydrogen) atoms. The van der Waals surface area contributed by atoms with E-state index in [0.29, 0.717) is 4.90 Å². The van der Waals surface area contributed by atoms with Crippen LogP contribution in [0.15, 0.2) is 52.0 Å². The van der Waals surface area contributed by atoms with Gasteiger partial charge in [0.15, 0.2) is 9.84 Å². The van der Waals surface area contributed by atoms with Crippen molar-refractivity contribution in [3.63, 3.8) is 0 Å². The van der Waals surface area contributed by atoms with Crippen molar-refractivity contribution in [1.29, 1.82) is 0 Å². The van der Waals surface area contributed by atoms with Gasteiger partial charge in [0.2, 0.25) is 0 Å². The van der Waals surface area contributed by atoms with Gasteiger partial charge in [-0.3, -0.25) is 0 Å². The highest BCUT2D eigenvalue weighted by molar-refractivity contribution is 7.92. The van der Waals surface area contributed by atoms with Gasteiger partial charge in [-0.05, 0) is 31.6 Å². The molecule has 0 radical (unpaired) electrons. The summed E-state index contributed by atoms with van der Waals surface area (Å²) in [6, 6.07) is 8.48. The molecule has 0 aromatic heterocycles. The van der Waals surface area contributed by atoms with Crippen LogP contribution in [0, 0.1) is 0 Å². The van der Waals surface area contributed by atoms with Crippen molar-refractivity contribution in [2.75, 3.05) is 14.1 Å². The highest BCUT2D eigenvalue weighted by atomic mass is 32.2. The second kappa shape index (κ2) is 6.52. The number of allylic oxidation sites excluding steroid dienone is 1. The molecule has 0 N–H and O–H groups in total. The molecule has 1 rings (SSSR count). The Kier molecular flexibility index (Phi) is 5.30. The molecule has 0 heterocycles. The first-order valence-corrected chi connectivity index (χ1v) is 7.57. The first-order valence-electron chi connectivity index (χ1n) is 6.02. The van der Waals surface area contributed by atoms with Crippen molar-refractivity contribution in [3.05, 3.63) is 42.0 Å². The summed E-state index contributed by atoms with van der Waals surface area (Å²) in [5.41, 5.74) is 0.820. The Balaban J connectivity index is 2.95. The van der Waals surface area contributed by atoms with Crippen molar-refractivity contribution >= 4 is 16.1 Å². The zero-order chi connectivity index (χ0) is 14.5. The van der Waals surface area contributed by atoms with E-state index in [1.165, 1.54) is 0 Å². The van der Waals surface area contributed by atoms with Crippen LogP contribution in [-0.2, 0) is 9.84 Å². The lowest BCUT2D eigenvalue weighted by Crippen LogP contribution is -2.16. The Morgan fingerprint density at radius 2 is 1.84 bits per heavy atom. The summed E-state index contributed by atoms with van der Waals surface area (Å²) in [5, 5.41) is 5.16. The first-order chi connectivity index (χ1) is 8.84.